The highest BCUT2D eigenvalue weighted by molar-refractivity contribution is 5.76. The predicted molar refractivity (Wildman–Crippen MR) is 242 cm³/mol. The first-order chi connectivity index (χ1) is 35.0. The van der Waals surface area contributed by atoms with Crippen LogP contribution in [0.2, 0.25) is 0 Å². The smallest absolute Gasteiger partial charge is 0.434 e. The summed E-state index contributed by atoms with van der Waals surface area (Å²) in [7, 11) is 0. The number of hydrogen-bond acceptors (Lipinski definition) is 15. The van der Waals surface area contributed by atoms with Gasteiger partial charge in [-0.3, -0.25) is 9.69 Å². The topological polar surface area (TPSA) is 226 Å². The van der Waals surface area contributed by atoms with Crippen LogP contribution < -0.4 is 14.8 Å². The van der Waals surface area contributed by atoms with E-state index in [1.165, 1.54) is 0 Å². The van der Waals surface area contributed by atoms with E-state index in [-0.39, 0.29) is 75.5 Å². The van der Waals surface area contributed by atoms with E-state index in [9.17, 15) is 72.3 Å². The highest BCUT2D eigenvalue weighted by atomic mass is 19.4. The van der Waals surface area contributed by atoms with Gasteiger partial charge in [0.05, 0.1) is 23.3 Å². The Labute approximate surface area is 435 Å². The van der Waals surface area contributed by atoms with Gasteiger partial charge in [-0.15, -0.1) is 0 Å². The molecule has 1 N–H and O–H groups in total. The van der Waals surface area contributed by atoms with Crippen molar-refractivity contribution in [2.75, 3.05) is 52.4 Å². The van der Waals surface area contributed by atoms with Gasteiger partial charge in [0.25, 0.3) is 12.2 Å². The number of piperazine rings is 2. The van der Waals surface area contributed by atoms with Gasteiger partial charge in [0.15, 0.2) is 0 Å². The Balaban J connectivity index is 0.00000116. The molecule has 0 aromatic heterocycles. The quantitative estimate of drug-likeness (QED) is 0.182. The summed E-state index contributed by atoms with van der Waals surface area (Å²) in [5.74, 6) is 1.06. The van der Waals surface area contributed by atoms with Crippen LogP contribution in [-0.4, -0.2) is 146 Å². The molecule has 0 bridgehead atoms. The van der Waals surface area contributed by atoms with Crippen molar-refractivity contribution in [3.63, 3.8) is 0 Å². The summed E-state index contributed by atoms with van der Waals surface area (Å²) in [5, 5.41) is 21.1. The van der Waals surface area contributed by atoms with Crippen molar-refractivity contribution in [3.8, 4) is 23.6 Å². The molecule has 0 saturated carbocycles. The number of ether oxygens (including phenoxy) is 4. The number of nitrogens with zero attached hydrogens (tertiary/aromatic N) is 5. The zero-order valence-corrected chi connectivity index (χ0v) is 43.3. The Morgan fingerprint density at radius 2 is 0.896 bits per heavy atom. The molecule has 2 aromatic carbocycles. The first-order valence-corrected chi connectivity index (χ1v) is 22.5. The van der Waals surface area contributed by atoms with Gasteiger partial charge in [-0.05, 0) is 69.7 Å². The van der Waals surface area contributed by atoms with E-state index in [1.807, 2.05) is 59.4 Å². The molecule has 0 atom stereocenters. The van der Waals surface area contributed by atoms with E-state index in [1.54, 1.807) is 36.4 Å². The molecule has 430 valence electrons. The van der Waals surface area contributed by atoms with Crippen LogP contribution >= 0.6 is 0 Å². The van der Waals surface area contributed by atoms with E-state index in [4.69, 9.17) is 33.9 Å². The summed E-state index contributed by atoms with van der Waals surface area (Å²) < 4.78 is 168. The molecular formula is C48H58F12N6O11. The van der Waals surface area contributed by atoms with E-state index < -0.39 is 60.3 Å². The zero-order chi connectivity index (χ0) is 60.2. The van der Waals surface area contributed by atoms with Crippen molar-refractivity contribution in [1.82, 2.24) is 20.0 Å². The second kappa shape index (κ2) is 29.0. The summed E-state index contributed by atoms with van der Waals surface area (Å²) in [6.07, 6.45) is -33.2. The molecule has 4 rings (SSSR count). The van der Waals surface area contributed by atoms with Crippen LogP contribution in [0.25, 0.3) is 0 Å². The standard InChI is InChI=1S/C23H29F6N3O3.C15H19NO2.C8H10F6N2O2.2CO2/c1-20(2,3)21(4,5)35-17-11-15(13-30)10-16(12-17)14-31-6-8-32(9-7-31)19(33)34-18(22(24,25)26)23(27,28)29;1-14(2,3)15(4,5)18-13-7-11(9-16)6-12(8-13)10-17;9-7(10,11)5(8(12,13)14)18-6(17)16-3-1-15-2-4-16;2*2-1-3/h10-12,18H,6-9,14H2,1-5H3;6-8,10H,1-5H3;5,15H,1-4H2;;. The molecule has 2 saturated heterocycles. The molecule has 2 aromatic rings. The third-order valence-electron chi connectivity index (χ3n) is 11.7. The van der Waals surface area contributed by atoms with E-state index in [0.717, 1.165) is 21.6 Å². The van der Waals surface area contributed by atoms with Crippen molar-refractivity contribution in [3.05, 3.63) is 58.7 Å². The summed E-state index contributed by atoms with van der Waals surface area (Å²) in [4.78, 5) is 69.9. The number of benzene rings is 2. The zero-order valence-electron chi connectivity index (χ0n) is 43.3. The molecule has 2 aliphatic rings. The Bertz CT molecular complexity index is 2350. The number of carbonyl (C=O) groups is 3. The monoisotopic (exact) mass is 1120 g/mol. The number of carbonyl (C=O) groups excluding carboxylic acids is 7. The summed E-state index contributed by atoms with van der Waals surface area (Å²) in [6, 6.07) is 14.0. The van der Waals surface area contributed by atoms with Crippen molar-refractivity contribution in [2.24, 2.45) is 10.8 Å². The average molecular weight is 1120 g/mol. The van der Waals surface area contributed by atoms with Crippen molar-refractivity contribution < 1.29 is 105 Å². The van der Waals surface area contributed by atoms with E-state index in [2.05, 4.69) is 41.6 Å². The van der Waals surface area contributed by atoms with Crippen LogP contribution in [-0.2, 0) is 35.2 Å². The maximum Gasteiger partial charge on any atom is 0.434 e. The molecule has 0 radical (unpaired) electrons. The minimum absolute atomic E-state index is 0.00126. The summed E-state index contributed by atoms with van der Waals surface area (Å²) >= 11 is 0. The summed E-state index contributed by atoms with van der Waals surface area (Å²) in [6.45, 7) is 21.3. The van der Waals surface area contributed by atoms with Gasteiger partial charge in [0.2, 0.25) is 0 Å². The lowest BCUT2D eigenvalue weighted by Crippen LogP contribution is -2.52. The van der Waals surface area contributed by atoms with Gasteiger partial charge in [-0.1, -0.05) is 41.5 Å². The molecule has 2 heterocycles. The Hall–Kier alpha value is -6.93. The maximum absolute atomic E-state index is 12.7. The molecule has 77 heavy (non-hydrogen) atoms. The van der Waals surface area contributed by atoms with Gasteiger partial charge in [-0.25, -0.2) is 9.59 Å². The lowest BCUT2D eigenvalue weighted by Gasteiger charge is -2.39. The van der Waals surface area contributed by atoms with Gasteiger partial charge in [-0.2, -0.15) is 82.4 Å². The lowest BCUT2D eigenvalue weighted by molar-refractivity contribution is -0.309. The lowest BCUT2D eigenvalue weighted by atomic mass is 9.79. The Morgan fingerprint density at radius 3 is 1.22 bits per heavy atom. The largest absolute Gasteiger partial charge is 0.487 e. The normalized spacial score (nSPS) is 14.6. The molecule has 17 nitrogen and oxygen atoms in total. The molecular weight excluding hydrogens is 1060 g/mol. The second-order valence-electron chi connectivity index (χ2n) is 19.6. The Morgan fingerprint density at radius 1 is 0.558 bits per heavy atom. The minimum atomic E-state index is -5.76. The average Bonchev–Trinajstić information content (AvgIpc) is 3.28. The second-order valence-corrected chi connectivity index (χ2v) is 19.6. The van der Waals surface area contributed by atoms with Crippen LogP contribution in [0.15, 0.2) is 36.4 Å². The fourth-order valence-electron chi connectivity index (χ4n) is 5.77. The summed E-state index contributed by atoms with van der Waals surface area (Å²) in [5.41, 5.74) is 0.808. The highest BCUT2D eigenvalue weighted by Gasteiger charge is 2.61. The first kappa shape index (κ1) is 70.1. The molecule has 2 aliphatic heterocycles. The van der Waals surface area contributed by atoms with Crippen LogP contribution in [0.1, 0.15) is 96.3 Å². The number of hydrogen-bond donors (Lipinski definition) is 1. The molecule has 0 aliphatic carbocycles. The molecule has 29 heteroatoms. The third kappa shape index (κ3) is 24.3. The predicted octanol–water partition coefficient (Wildman–Crippen LogP) is 9.44. The number of rotatable bonds is 9. The fourth-order valence-corrected chi connectivity index (χ4v) is 5.77. The molecule has 2 amide bonds. The Kier molecular flexibility index (Phi) is 26.4. The molecule has 0 spiro atoms. The van der Waals surface area contributed by atoms with Gasteiger partial charge >= 0.3 is 49.2 Å². The number of nitrogens with one attached hydrogen (secondary N) is 1. The van der Waals surface area contributed by atoms with E-state index >= 15 is 0 Å². The van der Waals surface area contributed by atoms with Crippen LogP contribution in [0.5, 0.6) is 11.5 Å². The van der Waals surface area contributed by atoms with Crippen molar-refractivity contribution in [1.29, 1.82) is 10.5 Å². The molecule has 0 unspecified atom stereocenters. The van der Waals surface area contributed by atoms with Crippen LogP contribution in [0.4, 0.5) is 62.3 Å². The van der Waals surface area contributed by atoms with Gasteiger partial charge in [0, 0.05) is 75.3 Å². The maximum atomic E-state index is 12.7. The van der Waals surface area contributed by atoms with Crippen LogP contribution in [0.3, 0.4) is 0 Å². The van der Waals surface area contributed by atoms with Crippen molar-refractivity contribution >= 4 is 30.8 Å². The third-order valence-corrected chi connectivity index (χ3v) is 11.7. The number of aldehydes is 1. The van der Waals surface area contributed by atoms with Gasteiger partial charge in [0.1, 0.15) is 29.0 Å². The number of alkyl halides is 12. The van der Waals surface area contributed by atoms with Gasteiger partial charge < -0.3 is 34.1 Å². The SMILES string of the molecule is CC(C)(C)C(C)(C)Oc1cc(C#N)cc(C=O)c1.CC(C)(C)C(C)(C)Oc1cc(C#N)cc(CN2CCN(C(=O)OC(C(F)(F)F)C(F)(F)F)CC2)c1.O=C(OC(C(F)(F)F)C(F)(F)F)N1CCNCC1.O=C=O.O=C=O. The first-order valence-electron chi connectivity index (χ1n) is 22.5. The van der Waals surface area contributed by atoms with Crippen molar-refractivity contribution in [2.45, 2.75) is 124 Å². The van der Waals surface area contributed by atoms with Crippen LogP contribution in [0, 0.1) is 33.5 Å². The minimum Gasteiger partial charge on any atom is -0.487 e. The number of halogens is 12. The highest BCUT2D eigenvalue weighted by Crippen LogP contribution is 2.39. The molecule has 2 fully saturated rings. The number of amides is 2. The fraction of sp³-hybridized carbons (Fsp3) is 0.604. The van der Waals surface area contributed by atoms with E-state index in [0.29, 0.717) is 34.7 Å². The number of nitriles is 2.